The molecule has 1 heterocycles. The van der Waals surface area contributed by atoms with E-state index in [9.17, 15) is 9.18 Å². The number of nitrogens with two attached hydrogens (primary N) is 1. The van der Waals surface area contributed by atoms with Gasteiger partial charge in [0.15, 0.2) is 5.82 Å². The van der Waals surface area contributed by atoms with Gasteiger partial charge in [0.05, 0.1) is 12.0 Å². The van der Waals surface area contributed by atoms with Crippen LogP contribution in [0.3, 0.4) is 0 Å². The predicted molar refractivity (Wildman–Crippen MR) is 134 cm³/mol. The zero-order valence-electron chi connectivity index (χ0n) is 19.1. The summed E-state index contributed by atoms with van der Waals surface area (Å²) in [5.41, 5.74) is 9.68. The highest BCUT2D eigenvalue weighted by molar-refractivity contribution is 6.04. The van der Waals surface area contributed by atoms with Crippen LogP contribution in [0.25, 0.3) is 22.0 Å². The van der Waals surface area contributed by atoms with Crippen LogP contribution in [0.15, 0.2) is 60.7 Å². The van der Waals surface area contributed by atoms with Crippen LogP contribution >= 0.6 is 0 Å². The number of aromatic nitrogens is 2. The minimum Gasteiger partial charge on any atom is -0.491 e. The van der Waals surface area contributed by atoms with Crippen LogP contribution in [-0.4, -0.2) is 48.4 Å². The van der Waals surface area contributed by atoms with Crippen molar-refractivity contribution in [2.75, 3.05) is 43.6 Å². The van der Waals surface area contributed by atoms with Gasteiger partial charge in [0, 0.05) is 17.9 Å². The molecule has 3 aromatic carbocycles. The molecule has 0 saturated heterocycles. The van der Waals surface area contributed by atoms with Crippen molar-refractivity contribution in [3.8, 4) is 16.9 Å². The van der Waals surface area contributed by atoms with Crippen LogP contribution < -0.4 is 21.1 Å². The molecule has 0 spiro atoms. The summed E-state index contributed by atoms with van der Waals surface area (Å²) in [5.74, 6) is 0.673. The molecule has 176 valence electrons. The van der Waals surface area contributed by atoms with Crippen LogP contribution in [0.1, 0.15) is 6.42 Å². The lowest BCUT2D eigenvalue weighted by molar-refractivity contribution is 0.262. The van der Waals surface area contributed by atoms with E-state index in [1.807, 2.05) is 38.4 Å². The minimum absolute atomic E-state index is 0.371. The van der Waals surface area contributed by atoms with Gasteiger partial charge >= 0.3 is 6.03 Å². The molecule has 8 nitrogen and oxygen atoms in total. The second-order valence-corrected chi connectivity index (χ2v) is 8.14. The quantitative estimate of drug-likeness (QED) is 0.278. The fourth-order valence-corrected chi connectivity index (χ4v) is 3.65. The summed E-state index contributed by atoms with van der Waals surface area (Å²) < 4.78 is 19.3. The standard InChI is InChI=1S/C25H27FN6O2/c1-32(2)13-4-14-34-21-12-11-20(22-23(21)30-31-24(22)27)16-7-9-18(10-8-16)28-25(33)29-19-6-3-5-17(26)15-19/h3,5-12,15H,4,13-14H2,1-2H3,(H3,27,30,31)(H2,28,29,33). The van der Waals surface area contributed by atoms with Gasteiger partial charge in [-0.05, 0) is 74.1 Å². The molecule has 0 fully saturated rings. The van der Waals surface area contributed by atoms with E-state index in [4.69, 9.17) is 10.5 Å². The van der Waals surface area contributed by atoms with E-state index in [-0.39, 0.29) is 0 Å². The van der Waals surface area contributed by atoms with Gasteiger partial charge in [0.1, 0.15) is 17.1 Å². The number of fused-ring (bicyclic) bond motifs is 1. The van der Waals surface area contributed by atoms with Crippen molar-refractivity contribution < 1.29 is 13.9 Å². The number of nitrogens with zero attached hydrogens (tertiary/aromatic N) is 2. The number of nitrogen functional groups attached to an aromatic ring is 1. The molecule has 4 aromatic rings. The number of benzene rings is 3. The first kappa shape index (κ1) is 23.1. The molecule has 0 bridgehead atoms. The Balaban J connectivity index is 1.48. The molecular weight excluding hydrogens is 435 g/mol. The average Bonchev–Trinajstić information content (AvgIpc) is 3.19. The third-order valence-electron chi connectivity index (χ3n) is 5.25. The number of halogens is 1. The lowest BCUT2D eigenvalue weighted by atomic mass is 10.0. The third-order valence-corrected chi connectivity index (χ3v) is 5.25. The van der Waals surface area contributed by atoms with Gasteiger partial charge in [0.2, 0.25) is 0 Å². The summed E-state index contributed by atoms with van der Waals surface area (Å²) in [6.07, 6.45) is 0.904. The van der Waals surface area contributed by atoms with Crippen LogP contribution in [0.4, 0.5) is 26.4 Å². The molecule has 0 radical (unpaired) electrons. The van der Waals surface area contributed by atoms with Gasteiger partial charge in [-0.2, -0.15) is 5.10 Å². The number of amides is 2. The summed E-state index contributed by atoms with van der Waals surface area (Å²) in [7, 11) is 4.06. The Labute approximate surface area is 196 Å². The molecule has 0 aliphatic rings. The smallest absolute Gasteiger partial charge is 0.323 e. The second-order valence-electron chi connectivity index (χ2n) is 8.14. The van der Waals surface area contributed by atoms with E-state index < -0.39 is 11.8 Å². The Bertz CT molecular complexity index is 1290. The van der Waals surface area contributed by atoms with Crippen molar-refractivity contribution >= 4 is 34.1 Å². The summed E-state index contributed by atoms with van der Waals surface area (Å²) in [4.78, 5) is 14.3. The Kier molecular flexibility index (Phi) is 6.93. The number of rotatable bonds is 8. The highest BCUT2D eigenvalue weighted by Crippen LogP contribution is 2.36. The first-order chi connectivity index (χ1) is 16.4. The maximum Gasteiger partial charge on any atom is 0.323 e. The molecule has 0 aliphatic heterocycles. The molecule has 0 saturated carbocycles. The lowest BCUT2D eigenvalue weighted by Gasteiger charge is -2.12. The maximum atomic E-state index is 13.3. The summed E-state index contributed by atoms with van der Waals surface area (Å²) in [6.45, 7) is 1.52. The zero-order valence-corrected chi connectivity index (χ0v) is 19.1. The predicted octanol–water partition coefficient (Wildman–Crippen LogP) is 4.93. The number of H-pyrrole nitrogens is 1. The number of hydrogen-bond donors (Lipinski definition) is 4. The normalized spacial score (nSPS) is 11.1. The van der Waals surface area contributed by atoms with Gasteiger partial charge < -0.3 is 26.0 Å². The van der Waals surface area contributed by atoms with Gasteiger partial charge in [-0.25, -0.2) is 9.18 Å². The number of ether oxygens (including phenoxy) is 1. The van der Waals surface area contributed by atoms with E-state index >= 15 is 0 Å². The van der Waals surface area contributed by atoms with Gasteiger partial charge in [0.25, 0.3) is 0 Å². The SMILES string of the molecule is CN(C)CCCOc1ccc(-c2ccc(NC(=O)Nc3cccc(F)c3)cc2)c2c(N)n[nH]c12. The maximum absolute atomic E-state index is 13.3. The molecule has 0 unspecified atom stereocenters. The van der Waals surface area contributed by atoms with Gasteiger partial charge in [-0.3, -0.25) is 5.10 Å². The number of aromatic amines is 1. The molecule has 0 atom stereocenters. The number of urea groups is 1. The Morgan fingerprint density at radius 2 is 1.85 bits per heavy atom. The van der Waals surface area contributed by atoms with Crippen molar-refractivity contribution in [1.29, 1.82) is 0 Å². The summed E-state index contributed by atoms with van der Waals surface area (Å²) >= 11 is 0. The largest absolute Gasteiger partial charge is 0.491 e. The fraction of sp³-hybridized carbons (Fsp3) is 0.200. The molecule has 1 aromatic heterocycles. The van der Waals surface area contributed by atoms with Crippen molar-refractivity contribution in [3.63, 3.8) is 0 Å². The van der Waals surface area contributed by atoms with Crippen molar-refractivity contribution in [2.45, 2.75) is 6.42 Å². The first-order valence-corrected chi connectivity index (χ1v) is 10.9. The summed E-state index contributed by atoms with van der Waals surface area (Å²) in [6, 6.07) is 16.4. The van der Waals surface area contributed by atoms with Crippen LogP contribution in [0.5, 0.6) is 5.75 Å². The van der Waals surface area contributed by atoms with E-state index in [0.29, 0.717) is 29.5 Å². The molecule has 9 heteroatoms. The van der Waals surface area contributed by atoms with E-state index in [2.05, 4.69) is 25.7 Å². The van der Waals surface area contributed by atoms with E-state index in [1.165, 1.54) is 18.2 Å². The number of anilines is 3. The van der Waals surface area contributed by atoms with Crippen LogP contribution in [0.2, 0.25) is 0 Å². The van der Waals surface area contributed by atoms with Crippen LogP contribution in [0, 0.1) is 5.82 Å². The van der Waals surface area contributed by atoms with E-state index in [0.717, 1.165) is 35.0 Å². The number of hydrogen-bond acceptors (Lipinski definition) is 5. The first-order valence-electron chi connectivity index (χ1n) is 10.9. The number of nitrogens with one attached hydrogen (secondary N) is 3. The monoisotopic (exact) mass is 462 g/mol. The fourth-order valence-electron chi connectivity index (χ4n) is 3.65. The Hall–Kier alpha value is -4.11. The molecule has 4 rings (SSSR count). The minimum atomic E-state index is -0.462. The highest BCUT2D eigenvalue weighted by atomic mass is 19.1. The van der Waals surface area contributed by atoms with E-state index in [1.54, 1.807) is 18.2 Å². The number of carbonyl (C=O) groups is 1. The average molecular weight is 463 g/mol. The summed E-state index contributed by atoms with van der Waals surface area (Å²) in [5, 5.41) is 13.3. The molecule has 0 aliphatic carbocycles. The van der Waals surface area contributed by atoms with Gasteiger partial charge in [-0.15, -0.1) is 0 Å². The number of carbonyl (C=O) groups excluding carboxylic acids is 1. The van der Waals surface area contributed by atoms with Crippen LogP contribution in [-0.2, 0) is 0 Å². The Morgan fingerprint density at radius 3 is 2.59 bits per heavy atom. The van der Waals surface area contributed by atoms with Crippen molar-refractivity contribution in [2.24, 2.45) is 0 Å². The third kappa shape index (κ3) is 5.44. The zero-order chi connectivity index (χ0) is 24.1. The highest BCUT2D eigenvalue weighted by Gasteiger charge is 2.15. The molecule has 2 amide bonds. The Morgan fingerprint density at radius 1 is 1.09 bits per heavy atom. The van der Waals surface area contributed by atoms with Crippen molar-refractivity contribution in [1.82, 2.24) is 15.1 Å². The van der Waals surface area contributed by atoms with Crippen molar-refractivity contribution in [3.05, 3.63) is 66.5 Å². The lowest BCUT2D eigenvalue weighted by Crippen LogP contribution is -2.19. The topological polar surface area (TPSA) is 108 Å². The molecule has 5 N–H and O–H groups in total. The van der Waals surface area contributed by atoms with Gasteiger partial charge in [-0.1, -0.05) is 18.2 Å². The molecule has 34 heavy (non-hydrogen) atoms. The molecular formula is C25H27FN6O2. The second kappa shape index (κ2) is 10.2.